The van der Waals surface area contributed by atoms with Crippen LogP contribution < -0.4 is 0 Å². The van der Waals surface area contributed by atoms with Crippen LogP contribution in [0.15, 0.2) is 35.6 Å². The maximum Gasteiger partial charge on any atom is 0.133 e. The molecular formula is C7H9ClO. The van der Waals surface area contributed by atoms with Gasteiger partial charge in [0.25, 0.3) is 0 Å². The average molecular weight is 145 g/mol. The van der Waals surface area contributed by atoms with Crippen LogP contribution in [0, 0.1) is 0 Å². The summed E-state index contributed by atoms with van der Waals surface area (Å²) >= 11 is 5.32. The van der Waals surface area contributed by atoms with Crippen molar-refractivity contribution in [1.82, 2.24) is 0 Å². The van der Waals surface area contributed by atoms with E-state index in [2.05, 4.69) is 6.58 Å². The second-order valence-corrected chi connectivity index (χ2v) is 1.94. The molecule has 1 nitrogen and oxygen atoms in total. The molecular weight excluding hydrogens is 136 g/mol. The first-order valence-electron chi connectivity index (χ1n) is 2.55. The summed E-state index contributed by atoms with van der Waals surface area (Å²) in [6.07, 6.45) is 4.95. The van der Waals surface area contributed by atoms with Crippen molar-refractivity contribution in [3.8, 4) is 0 Å². The van der Waals surface area contributed by atoms with Gasteiger partial charge in [-0.15, -0.1) is 0 Å². The standard InChI is InChI=1S/C7H9ClO/c1-3-4-5-7(9)6(2)8/h3-5,9H,2H2,1H3/b4-3-,7-5+. The Kier molecular flexibility index (Phi) is 3.89. The Morgan fingerprint density at radius 2 is 2.22 bits per heavy atom. The minimum Gasteiger partial charge on any atom is -0.506 e. The van der Waals surface area contributed by atoms with Crippen molar-refractivity contribution >= 4 is 11.6 Å². The predicted molar refractivity (Wildman–Crippen MR) is 40.5 cm³/mol. The van der Waals surface area contributed by atoms with E-state index in [0.717, 1.165) is 0 Å². The summed E-state index contributed by atoms with van der Waals surface area (Å²) in [4.78, 5) is 0. The molecule has 0 aliphatic heterocycles. The zero-order valence-electron chi connectivity index (χ0n) is 5.26. The number of aliphatic hydroxyl groups is 1. The third kappa shape index (κ3) is 3.86. The monoisotopic (exact) mass is 144 g/mol. The number of allylic oxidation sites excluding steroid dienone is 4. The van der Waals surface area contributed by atoms with Crippen LogP contribution in [0.5, 0.6) is 0 Å². The second kappa shape index (κ2) is 4.21. The van der Waals surface area contributed by atoms with Gasteiger partial charge in [0.1, 0.15) is 5.76 Å². The van der Waals surface area contributed by atoms with Gasteiger partial charge in [-0.25, -0.2) is 0 Å². The van der Waals surface area contributed by atoms with Crippen LogP contribution in [-0.4, -0.2) is 5.11 Å². The van der Waals surface area contributed by atoms with Crippen molar-refractivity contribution < 1.29 is 5.11 Å². The molecule has 0 rings (SSSR count). The number of hydrogen-bond donors (Lipinski definition) is 1. The van der Waals surface area contributed by atoms with E-state index in [4.69, 9.17) is 16.7 Å². The normalized spacial score (nSPS) is 12.4. The summed E-state index contributed by atoms with van der Waals surface area (Å²) in [5.41, 5.74) is 0. The fourth-order valence-electron chi connectivity index (χ4n) is 0.278. The van der Waals surface area contributed by atoms with Gasteiger partial charge in [0.15, 0.2) is 0 Å². The van der Waals surface area contributed by atoms with Crippen molar-refractivity contribution in [2.45, 2.75) is 6.92 Å². The van der Waals surface area contributed by atoms with Gasteiger partial charge < -0.3 is 5.11 Å². The number of hydrogen-bond acceptors (Lipinski definition) is 1. The van der Waals surface area contributed by atoms with E-state index < -0.39 is 0 Å². The first-order valence-corrected chi connectivity index (χ1v) is 2.93. The molecule has 1 N–H and O–H groups in total. The van der Waals surface area contributed by atoms with E-state index in [1.807, 2.05) is 6.92 Å². The second-order valence-electron chi connectivity index (χ2n) is 1.48. The molecule has 0 saturated carbocycles. The quantitative estimate of drug-likeness (QED) is 0.467. The molecule has 0 saturated heterocycles. The molecule has 2 heteroatoms. The summed E-state index contributed by atoms with van der Waals surface area (Å²) in [7, 11) is 0. The summed E-state index contributed by atoms with van der Waals surface area (Å²) in [6, 6.07) is 0. The first-order chi connectivity index (χ1) is 4.18. The highest BCUT2D eigenvalue weighted by molar-refractivity contribution is 6.31. The van der Waals surface area contributed by atoms with Crippen molar-refractivity contribution in [1.29, 1.82) is 0 Å². The molecule has 0 atom stereocenters. The van der Waals surface area contributed by atoms with Crippen molar-refractivity contribution in [2.75, 3.05) is 0 Å². The third-order valence-corrected chi connectivity index (χ3v) is 0.918. The van der Waals surface area contributed by atoms with Gasteiger partial charge in [0.05, 0.1) is 5.03 Å². The fraction of sp³-hybridized carbons (Fsp3) is 0.143. The maximum atomic E-state index is 8.84. The summed E-state index contributed by atoms with van der Waals surface area (Å²) in [6.45, 7) is 5.17. The molecule has 0 aromatic heterocycles. The molecule has 0 aromatic carbocycles. The van der Waals surface area contributed by atoms with Gasteiger partial charge in [0.2, 0.25) is 0 Å². The number of rotatable bonds is 2. The van der Waals surface area contributed by atoms with Gasteiger partial charge in [-0.1, -0.05) is 30.3 Å². The predicted octanol–water partition coefficient (Wildman–Crippen LogP) is 2.76. The Hall–Kier alpha value is -0.690. The Labute approximate surface area is 60.0 Å². The molecule has 0 aliphatic carbocycles. The van der Waals surface area contributed by atoms with Crippen LogP contribution in [0.4, 0.5) is 0 Å². The van der Waals surface area contributed by atoms with Gasteiger partial charge >= 0.3 is 0 Å². The van der Waals surface area contributed by atoms with E-state index in [9.17, 15) is 0 Å². The smallest absolute Gasteiger partial charge is 0.133 e. The van der Waals surface area contributed by atoms with Crippen LogP contribution in [0.1, 0.15) is 6.92 Å². The Morgan fingerprint density at radius 1 is 1.67 bits per heavy atom. The summed E-state index contributed by atoms with van der Waals surface area (Å²) in [5.74, 6) is 0.00904. The zero-order chi connectivity index (χ0) is 7.28. The van der Waals surface area contributed by atoms with Crippen molar-refractivity contribution in [3.05, 3.63) is 35.6 Å². The molecule has 0 unspecified atom stereocenters. The lowest BCUT2D eigenvalue weighted by atomic mass is 10.4. The van der Waals surface area contributed by atoms with Crippen LogP contribution in [0.3, 0.4) is 0 Å². The molecule has 50 valence electrons. The zero-order valence-corrected chi connectivity index (χ0v) is 6.02. The first kappa shape index (κ1) is 8.31. The van der Waals surface area contributed by atoms with E-state index in [1.54, 1.807) is 12.2 Å². The van der Waals surface area contributed by atoms with E-state index in [1.165, 1.54) is 6.08 Å². The largest absolute Gasteiger partial charge is 0.506 e. The van der Waals surface area contributed by atoms with Gasteiger partial charge in [-0.3, -0.25) is 0 Å². The molecule has 0 fully saturated rings. The van der Waals surface area contributed by atoms with Gasteiger partial charge in [0, 0.05) is 0 Å². The molecule has 0 radical (unpaired) electrons. The Bertz CT molecular complexity index is 156. The van der Waals surface area contributed by atoms with Gasteiger partial charge in [-0.2, -0.15) is 0 Å². The lowest BCUT2D eigenvalue weighted by Crippen LogP contribution is -1.74. The number of halogens is 1. The molecule has 0 amide bonds. The summed E-state index contributed by atoms with van der Waals surface area (Å²) < 4.78 is 0. The molecule has 0 bridgehead atoms. The minimum atomic E-state index is 0.00904. The Balaban J connectivity index is 4.00. The van der Waals surface area contributed by atoms with E-state index in [0.29, 0.717) is 0 Å². The topological polar surface area (TPSA) is 20.2 Å². The highest BCUT2D eigenvalue weighted by Gasteiger charge is 1.89. The third-order valence-electron chi connectivity index (χ3n) is 0.724. The van der Waals surface area contributed by atoms with Crippen LogP contribution in [0.25, 0.3) is 0 Å². The number of aliphatic hydroxyl groups excluding tert-OH is 1. The lowest BCUT2D eigenvalue weighted by molar-refractivity contribution is 0.430. The van der Waals surface area contributed by atoms with Crippen LogP contribution in [-0.2, 0) is 0 Å². The van der Waals surface area contributed by atoms with Crippen molar-refractivity contribution in [3.63, 3.8) is 0 Å². The van der Waals surface area contributed by atoms with Crippen LogP contribution in [0.2, 0.25) is 0 Å². The van der Waals surface area contributed by atoms with E-state index in [-0.39, 0.29) is 10.8 Å². The van der Waals surface area contributed by atoms with Crippen LogP contribution >= 0.6 is 11.6 Å². The van der Waals surface area contributed by atoms with Gasteiger partial charge in [-0.05, 0) is 13.0 Å². The fourth-order valence-corrected chi connectivity index (χ4v) is 0.341. The lowest BCUT2D eigenvalue weighted by Gasteiger charge is -1.89. The van der Waals surface area contributed by atoms with E-state index >= 15 is 0 Å². The molecule has 0 heterocycles. The maximum absolute atomic E-state index is 8.84. The Morgan fingerprint density at radius 3 is 2.56 bits per heavy atom. The highest BCUT2D eigenvalue weighted by atomic mass is 35.5. The minimum absolute atomic E-state index is 0.00904. The average Bonchev–Trinajstić information content (AvgIpc) is 1.82. The molecule has 9 heavy (non-hydrogen) atoms. The highest BCUT2D eigenvalue weighted by Crippen LogP contribution is 2.07. The molecule has 0 spiro atoms. The summed E-state index contributed by atoms with van der Waals surface area (Å²) in [5, 5.41) is 9.00. The van der Waals surface area contributed by atoms with Crippen molar-refractivity contribution in [2.24, 2.45) is 0 Å². The molecule has 0 aromatic rings. The SMILES string of the molecule is C=C(Cl)/C(O)=C\C=C/C. The molecule has 0 aliphatic rings.